The molecule has 0 aliphatic carbocycles. The van der Waals surface area contributed by atoms with Crippen LogP contribution in [0, 0.1) is 5.92 Å². The van der Waals surface area contributed by atoms with Crippen LogP contribution in [0.5, 0.6) is 0 Å². The summed E-state index contributed by atoms with van der Waals surface area (Å²) < 4.78 is 0. The van der Waals surface area contributed by atoms with E-state index in [1.165, 1.54) is 0 Å². The van der Waals surface area contributed by atoms with Crippen molar-refractivity contribution in [2.75, 3.05) is 19.6 Å². The van der Waals surface area contributed by atoms with Crippen molar-refractivity contribution in [1.29, 1.82) is 0 Å². The molecule has 118 valence electrons. The van der Waals surface area contributed by atoms with E-state index >= 15 is 0 Å². The van der Waals surface area contributed by atoms with E-state index in [0.717, 1.165) is 19.3 Å². The van der Waals surface area contributed by atoms with Crippen molar-refractivity contribution >= 4 is 17.8 Å². The average molecular weight is 296 g/mol. The summed E-state index contributed by atoms with van der Waals surface area (Å²) in [5.74, 6) is -1.32. The molecule has 0 aromatic rings. The van der Waals surface area contributed by atoms with Crippen LogP contribution in [-0.4, -0.2) is 58.4 Å². The first-order valence-electron chi connectivity index (χ1n) is 7.85. The van der Waals surface area contributed by atoms with Crippen LogP contribution in [0.25, 0.3) is 0 Å². The molecule has 6 heteroatoms. The Hall–Kier alpha value is -1.59. The van der Waals surface area contributed by atoms with E-state index in [9.17, 15) is 14.4 Å². The number of hydrogen-bond acceptors (Lipinski definition) is 3. The number of piperidine rings is 1. The molecule has 0 aromatic carbocycles. The topological polar surface area (TPSA) is 77.9 Å². The molecule has 2 saturated heterocycles. The van der Waals surface area contributed by atoms with Crippen molar-refractivity contribution in [3.05, 3.63) is 0 Å². The van der Waals surface area contributed by atoms with Crippen molar-refractivity contribution in [2.45, 2.75) is 51.5 Å². The van der Waals surface area contributed by atoms with Crippen LogP contribution < -0.4 is 0 Å². The number of nitrogens with zero attached hydrogens (tertiary/aromatic N) is 2. The normalized spacial score (nSPS) is 26.0. The van der Waals surface area contributed by atoms with Crippen LogP contribution in [0.3, 0.4) is 0 Å². The van der Waals surface area contributed by atoms with Gasteiger partial charge in [-0.1, -0.05) is 6.92 Å². The van der Waals surface area contributed by atoms with Crippen LogP contribution in [0.15, 0.2) is 0 Å². The van der Waals surface area contributed by atoms with E-state index < -0.39 is 11.9 Å². The summed E-state index contributed by atoms with van der Waals surface area (Å²) in [7, 11) is 0. The fraction of sp³-hybridized carbons (Fsp3) is 0.800. The maximum Gasteiger partial charge on any atom is 0.308 e. The Kier molecular flexibility index (Phi) is 5.20. The first-order valence-corrected chi connectivity index (χ1v) is 7.85. The molecule has 2 aliphatic rings. The summed E-state index contributed by atoms with van der Waals surface area (Å²) in [5, 5.41) is 9.03. The number of carbonyl (C=O) groups is 3. The molecule has 2 amide bonds. The molecule has 1 N–H and O–H groups in total. The summed E-state index contributed by atoms with van der Waals surface area (Å²) in [5.41, 5.74) is 0. The van der Waals surface area contributed by atoms with Gasteiger partial charge in [0.2, 0.25) is 11.8 Å². The molecule has 0 aromatic heterocycles. The van der Waals surface area contributed by atoms with Gasteiger partial charge < -0.3 is 14.9 Å². The summed E-state index contributed by atoms with van der Waals surface area (Å²) in [6, 6.07) is -0.384. The Labute approximate surface area is 125 Å². The Morgan fingerprint density at radius 1 is 1.14 bits per heavy atom. The SMILES string of the molecule is CCCC(=O)N1CCCCC1C(=O)N1CCC(C(=O)O)C1. The molecule has 2 atom stereocenters. The van der Waals surface area contributed by atoms with Gasteiger partial charge in [0.1, 0.15) is 6.04 Å². The summed E-state index contributed by atoms with van der Waals surface area (Å²) in [6.45, 7) is 3.37. The van der Waals surface area contributed by atoms with Crippen LogP contribution >= 0.6 is 0 Å². The van der Waals surface area contributed by atoms with Crippen LogP contribution in [0.2, 0.25) is 0 Å². The molecular weight excluding hydrogens is 272 g/mol. The van der Waals surface area contributed by atoms with E-state index in [0.29, 0.717) is 32.4 Å². The number of carboxylic acid groups (broad SMARTS) is 1. The second-order valence-corrected chi connectivity index (χ2v) is 5.96. The zero-order chi connectivity index (χ0) is 15.4. The van der Waals surface area contributed by atoms with Gasteiger partial charge in [-0.15, -0.1) is 0 Å². The van der Waals surface area contributed by atoms with Crippen molar-refractivity contribution in [1.82, 2.24) is 9.80 Å². The lowest BCUT2D eigenvalue weighted by Gasteiger charge is -2.36. The Bertz CT molecular complexity index is 424. The molecule has 0 saturated carbocycles. The van der Waals surface area contributed by atoms with E-state index in [1.54, 1.807) is 9.80 Å². The lowest BCUT2D eigenvalue weighted by atomic mass is 10.00. The van der Waals surface area contributed by atoms with Gasteiger partial charge in [-0.2, -0.15) is 0 Å². The summed E-state index contributed by atoms with van der Waals surface area (Å²) in [4.78, 5) is 39.1. The molecular formula is C15H24N2O4. The molecule has 6 nitrogen and oxygen atoms in total. The van der Waals surface area contributed by atoms with E-state index in [-0.39, 0.29) is 24.4 Å². The zero-order valence-corrected chi connectivity index (χ0v) is 12.6. The van der Waals surface area contributed by atoms with E-state index in [1.807, 2.05) is 6.92 Å². The maximum atomic E-state index is 12.6. The minimum Gasteiger partial charge on any atom is -0.481 e. The minimum atomic E-state index is -0.840. The van der Waals surface area contributed by atoms with Crippen molar-refractivity contribution in [3.8, 4) is 0 Å². The van der Waals surface area contributed by atoms with Gasteiger partial charge in [0.05, 0.1) is 5.92 Å². The maximum absolute atomic E-state index is 12.6. The van der Waals surface area contributed by atoms with E-state index in [2.05, 4.69) is 0 Å². The monoisotopic (exact) mass is 296 g/mol. The molecule has 0 bridgehead atoms. The molecule has 0 spiro atoms. The number of amides is 2. The largest absolute Gasteiger partial charge is 0.481 e. The number of likely N-dealkylation sites (tertiary alicyclic amines) is 2. The highest BCUT2D eigenvalue weighted by Gasteiger charge is 2.38. The number of rotatable bonds is 4. The van der Waals surface area contributed by atoms with Crippen LogP contribution in [0.4, 0.5) is 0 Å². The quantitative estimate of drug-likeness (QED) is 0.842. The average Bonchev–Trinajstić information content (AvgIpc) is 2.97. The van der Waals surface area contributed by atoms with Gasteiger partial charge in [0, 0.05) is 26.1 Å². The van der Waals surface area contributed by atoms with Crippen molar-refractivity contribution in [3.63, 3.8) is 0 Å². The minimum absolute atomic E-state index is 0.0459. The number of aliphatic carboxylic acids is 1. The predicted octanol–water partition coefficient (Wildman–Crippen LogP) is 1.10. The van der Waals surface area contributed by atoms with Gasteiger partial charge in [-0.3, -0.25) is 14.4 Å². The van der Waals surface area contributed by atoms with Gasteiger partial charge in [0.25, 0.3) is 0 Å². The molecule has 2 rings (SSSR count). The fourth-order valence-electron chi connectivity index (χ4n) is 3.22. The van der Waals surface area contributed by atoms with Gasteiger partial charge >= 0.3 is 5.97 Å². The fourth-order valence-corrected chi connectivity index (χ4v) is 3.22. The second kappa shape index (κ2) is 6.91. The van der Waals surface area contributed by atoms with Crippen LogP contribution in [-0.2, 0) is 14.4 Å². The molecule has 0 radical (unpaired) electrons. The highest BCUT2D eigenvalue weighted by atomic mass is 16.4. The Balaban J connectivity index is 2.02. The standard InChI is InChI=1S/C15H24N2O4/c1-2-5-13(18)17-8-4-3-6-12(17)14(19)16-9-7-11(10-16)15(20)21/h11-12H,2-10H2,1H3,(H,20,21). The summed E-state index contributed by atoms with van der Waals surface area (Å²) in [6.07, 6.45) is 4.35. The number of carboxylic acids is 1. The Morgan fingerprint density at radius 2 is 1.90 bits per heavy atom. The predicted molar refractivity (Wildman–Crippen MR) is 76.6 cm³/mol. The Morgan fingerprint density at radius 3 is 2.52 bits per heavy atom. The third-order valence-electron chi connectivity index (χ3n) is 4.42. The van der Waals surface area contributed by atoms with Gasteiger partial charge in [-0.05, 0) is 32.1 Å². The van der Waals surface area contributed by atoms with Gasteiger partial charge in [0.15, 0.2) is 0 Å². The summed E-state index contributed by atoms with van der Waals surface area (Å²) >= 11 is 0. The molecule has 2 heterocycles. The third-order valence-corrected chi connectivity index (χ3v) is 4.42. The zero-order valence-electron chi connectivity index (χ0n) is 12.6. The molecule has 2 fully saturated rings. The smallest absolute Gasteiger partial charge is 0.308 e. The molecule has 2 unspecified atom stereocenters. The first kappa shape index (κ1) is 15.8. The highest BCUT2D eigenvalue weighted by Crippen LogP contribution is 2.24. The molecule has 21 heavy (non-hydrogen) atoms. The second-order valence-electron chi connectivity index (χ2n) is 5.96. The van der Waals surface area contributed by atoms with Gasteiger partial charge in [-0.25, -0.2) is 0 Å². The third kappa shape index (κ3) is 3.54. The van der Waals surface area contributed by atoms with Crippen LogP contribution in [0.1, 0.15) is 45.4 Å². The van der Waals surface area contributed by atoms with Crippen molar-refractivity contribution < 1.29 is 19.5 Å². The lowest BCUT2D eigenvalue weighted by molar-refractivity contribution is -0.148. The number of hydrogen-bond donors (Lipinski definition) is 1. The molecule has 2 aliphatic heterocycles. The number of carbonyl (C=O) groups excluding carboxylic acids is 2. The lowest BCUT2D eigenvalue weighted by Crippen LogP contribution is -2.52. The first-order chi connectivity index (χ1) is 10.0. The van der Waals surface area contributed by atoms with Crippen molar-refractivity contribution in [2.24, 2.45) is 5.92 Å². The highest BCUT2D eigenvalue weighted by molar-refractivity contribution is 5.88. The van der Waals surface area contributed by atoms with E-state index in [4.69, 9.17) is 5.11 Å².